The molecular formula is C20H28N4O2S. The molecule has 6 nitrogen and oxygen atoms in total. The number of nitrogens with one attached hydrogen (secondary N) is 2. The van der Waals surface area contributed by atoms with E-state index in [9.17, 15) is 4.79 Å². The topological polar surface area (TPSA) is 60.6 Å². The van der Waals surface area contributed by atoms with Crippen molar-refractivity contribution in [3.63, 3.8) is 0 Å². The SMILES string of the molecule is CNC(=S)N(CCCN1CCOCC1)Cc1cc2cc(C)ccc2[nH]c1=O. The molecule has 0 unspecified atom stereocenters. The van der Waals surface area contributed by atoms with Crippen molar-refractivity contribution in [1.82, 2.24) is 20.1 Å². The lowest BCUT2D eigenvalue weighted by atomic mass is 10.1. The van der Waals surface area contributed by atoms with Crippen LogP contribution >= 0.6 is 12.2 Å². The molecule has 0 bridgehead atoms. The number of hydrogen-bond donors (Lipinski definition) is 2. The fourth-order valence-electron chi connectivity index (χ4n) is 3.41. The highest BCUT2D eigenvalue weighted by Crippen LogP contribution is 2.14. The van der Waals surface area contributed by atoms with Gasteiger partial charge in [0, 0.05) is 44.3 Å². The predicted molar refractivity (Wildman–Crippen MR) is 113 cm³/mol. The minimum Gasteiger partial charge on any atom is -0.379 e. The first kappa shape index (κ1) is 19.8. The molecule has 2 heterocycles. The fourth-order valence-corrected chi connectivity index (χ4v) is 3.57. The van der Waals surface area contributed by atoms with Crippen LogP contribution in [0, 0.1) is 6.92 Å². The molecular weight excluding hydrogens is 360 g/mol. The summed E-state index contributed by atoms with van der Waals surface area (Å²) in [6, 6.07) is 8.03. The monoisotopic (exact) mass is 388 g/mol. The van der Waals surface area contributed by atoms with Gasteiger partial charge in [0.1, 0.15) is 0 Å². The molecule has 3 rings (SSSR count). The van der Waals surface area contributed by atoms with E-state index >= 15 is 0 Å². The Kier molecular flexibility index (Phi) is 6.82. The van der Waals surface area contributed by atoms with E-state index in [0.717, 1.165) is 62.3 Å². The summed E-state index contributed by atoms with van der Waals surface area (Å²) in [6.45, 7) is 7.97. The summed E-state index contributed by atoms with van der Waals surface area (Å²) in [5.74, 6) is 0. The number of ether oxygens (including phenoxy) is 1. The molecule has 2 N–H and O–H groups in total. The third-order valence-electron chi connectivity index (χ3n) is 4.95. The van der Waals surface area contributed by atoms with Gasteiger partial charge in [0.2, 0.25) is 0 Å². The summed E-state index contributed by atoms with van der Waals surface area (Å²) in [5.41, 5.74) is 2.72. The summed E-state index contributed by atoms with van der Waals surface area (Å²) in [6.07, 6.45) is 0.992. The zero-order valence-electron chi connectivity index (χ0n) is 16.1. The Morgan fingerprint density at radius 2 is 2.11 bits per heavy atom. The van der Waals surface area contributed by atoms with Crippen molar-refractivity contribution in [3.8, 4) is 0 Å². The zero-order valence-corrected chi connectivity index (χ0v) is 16.9. The number of benzene rings is 1. The van der Waals surface area contributed by atoms with Gasteiger partial charge in [0.15, 0.2) is 5.11 Å². The highest BCUT2D eigenvalue weighted by atomic mass is 32.1. The summed E-state index contributed by atoms with van der Waals surface area (Å²) in [7, 11) is 1.82. The van der Waals surface area contributed by atoms with E-state index in [0.29, 0.717) is 11.7 Å². The fraction of sp³-hybridized carbons (Fsp3) is 0.500. The molecule has 2 aromatic rings. The van der Waals surface area contributed by atoms with Crippen LogP contribution in [0.3, 0.4) is 0 Å². The maximum atomic E-state index is 12.5. The van der Waals surface area contributed by atoms with Gasteiger partial charge >= 0.3 is 0 Å². The van der Waals surface area contributed by atoms with Gasteiger partial charge in [-0.1, -0.05) is 11.6 Å². The van der Waals surface area contributed by atoms with E-state index < -0.39 is 0 Å². The first-order valence-corrected chi connectivity index (χ1v) is 9.87. The van der Waals surface area contributed by atoms with Crippen LogP contribution in [-0.2, 0) is 11.3 Å². The summed E-state index contributed by atoms with van der Waals surface area (Å²) < 4.78 is 5.40. The van der Waals surface area contributed by atoms with E-state index in [-0.39, 0.29) is 5.56 Å². The minimum absolute atomic E-state index is 0.0524. The normalized spacial score (nSPS) is 15.0. The number of aromatic amines is 1. The maximum Gasteiger partial charge on any atom is 0.253 e. The number of aromatic nitrogens is 1. The molecule has 1 aromatic carbocycles. The highest BCUT2D eigenvalue weighted by Gasteiger charge is 2.14. The van der Waals surface area contributed by atoms with Gasteiger partial charge in [-0.25, -0.2) is 0 Å². The quantitative estimate of drug-likeness (QED) is 0.737. The number of nitrogens with zero attached hydrogens (tertiary/aromatic N) is 2. The number of fused-ring (bicyclic) bond motifs is 1. The largest absolute Gasteiger partial charge is 0.379 e. The third-order valence-corrected chi connectivity index (χ3v) is 5.41. The van der Waals surface area contributed by atoms with Gasteiger partial charge in [-0.15, -0.1) is 0 Å². The van der Waals surface area contributed by atoms with Gasteiger partial charge in [0.05, 0.1) is 19.8 Å². The first-order chi connectivity index (χ1) is 13.1. The Balaban J connectivity index is 1.70. The number of aryl methyl sites for hydroxylation is 1. The smallest absolute Gasteiger partial charge is 0.253 e. The molecule has 1 fully saturated rings. The number of pyridine rings is 1. The predicted octanol–water partition coefficient (Wildman–Crippen LogP) is 1.87. The van der Waals surface area contributed by atoms with Crippen LogP contribution in [0.2, 0.25) is 0 Å². The molecule has 27 heavy (non-hydrogen) atoms. The van der Waals surface area contributed by atoms with Crippen LogP contribution in [0.5, 0.6) is 0 Å². The molecule has 0 atom stereocenters. The zero-order chi connectivity index (χ0) is 19.2. The van der Waals surface area contributed by atoms with Gasteiger partial charge in [-0.3, -0.25) is 9.69 Å². The van der Waals surface area contributed by atoms with Crippen LogP contribution in [0.15, 0.2) is 29.1 Å². The van der Waals surface area contributed by atoms with E-state index in [4.69, 9.17) is 17.0 Å². The lowest BCUT2D eigenvalue weighted by Gasteiger charge is -2.29. The Bertz CT molecular complexity index is 845. The van der Waals surface area contributed by atoms with Gasteiger partial charge < -0.3 is 19.9 Å². The molecule has 1 aliphatic heterocycles. The second-order valence-corrected chi connectivity index (χ2v) is 7.39. The van der Waals surface area contributed by atoms with Crippen molar-refractivity contribution in [2.24, 2.45) is 0 Å². The number of thiocarbonyl (C=S) groups is 1. The first-order valence-electron chi connectivity index (χ1n) is 9.46. The molecule has 0 amide bonds. The molecule has 1 saturated heterocycles. The lowest BCUT2D eigenvalue weighted by Crippen LogP contribution is -2.41. The van der Waals surface area contributed by atoms with Gasteiger partial charge in [-0.2, -0.15) is 0 Å². The van der Waals surface area contributed by atoms with Crippen LogP contribution < -0.4 is 10.9 Å². The Morgan fingerprint density at radius 3 is 2.85 bits per heavy atom. The number of H-pyrrole nitrogens is 1. The standard InChI is InChI=1S/C20H28N4O2S/c1-15-4-5-18-16(12-15)13-17(19(25)22-18)14-24(20(27)21-2)7-3-6-23-8-10-26-11-9-23/h4-5,12-13H,3,6-11,14H2,1-2H3,(H,21,27)(H,22,25). The van der Waals surface area contributed by atoms with Crippen LogP contribution in [0.4, 0.5) is 0 Å². The summed E-state index contributed by atoms with van der Waals surface area (Å²) >= 11 is 5.47. The molecule has 0 radical (unpaired) electrons. The Hall–Kier alpha value is -1.96. The van der Waals surface area contributed by atoms with Crippen molar-refractivity contribution < 1.29 is 4.74 Å². The second-order valence-electron chi connectivity index (χ2n) is 7.00. The van der Waals surface area contributed by atoms with Crippen molar-refractivity contribution >= 4 is 28.2 Å². The maximum absolute atomic E-state index is 12.5. The van der Waals surface area contributed by atoms with E-state index in [2.05, 4.69) is 33.1 Å². The Labute approximate surface area is 165 Å². The molecule has 0 spiro atoms. The van der Waals surface area contributed by atoms with Crippen molar-refractivity contribution in [3.05, 3.63) is 45.7 Å². The molecule has 7 heteroatoms. The summed E-state index contributed by atoms with van der Waals surface area (Å²) in [5, 5.41) is 4.77. The van der Waals surface area contributed by atoms with Crippen LogP contribution in [0.1, 0.15) is 17.5 Å². The average molecular weight is 389 g/mol. The van der Waals surface area contributed by atoms with Crippen LogP contribution in [0.25, 0.3) is 10.9 Å². The van der Waals surface area contributed by atoms with Gasteiger partial charge in [0.25, 0.3) is 5.56 Å². The number of rotatable bonds is 6. The van der Waals surface area contributed by atoms with Crippen LogP contribution in [-0.4, -0.2) is 66.3 Å². The summed E-state index contributed by atoms with van der Waals surface area (Å²) in [4.78, 5) is 20.0. The Morgan fingerprint density at radius 1 is 1.33 bits per heavy atom. The van der Waals surface area contributed by atoms with E-state index in [1.807, 2.05) is 25.2 Å². The van der Waals surface area contributed by atoms with Crippen molar-refractivity contribution in [1.29, 1.82) is 0 Å². The molecule has 1 aromatic heterocycles. The van der Waals surface area contributed by atoms with E-state index in [1.54, 1.807) is 0 Å². The highest BCUT2D eigenvalue weighted by molar-refractivity contribution is 7.80. The molecule has 146 valence electrons. The lowest BCUT2D eigenvalue weighted by molar-refractivity contribution is 0.0367. The van der Waals surface area contributed by atoms with Crippen molar-refractivity contribution in [2.75, 3.05) is 46.4 Å². The van der Waals surface area contributed by atoms with Crippen molar-refractivity contribution in [2.45, 2.75) is 19.9 Å². The second kappa shape index (κ2) is 9.30. The van der Waals surface area contributed by atoms with E-state index in [1.165, 1.54) is 5.56 Å². The third kappa shape index (κ3) is 5.28. The molecule has 1 aliphatic rings. The van der Waals surface area contributed by atoms with Gasteiger partial charge in [-0.05, 0) is 49.1 Å². The molecule has 0 aliphatic carbocycles. The number of hydrogen-bond acceptors (Lipinski definition) is 4. The average Bonchev–Trinajstić information content (AvgIpc) is 2.68. The number of morpholine rings is 1. The molecule has 0 saturated carbocycles. The minimum atomic E-state index is -0.0524.